The minimum Gasteiger partial charge on any atom is -0.364 e. The summed E-state index contributed by atoms with van der Waals surface area (Å²) in [4.78, 5) is 12.4. The minimum absolute atomic E-state index is 0. The molecule has 0 spiro atoms. The molecule has 0 radical (unpaired) electrons. The number of rotatable bonds is 11. The second-order valence-corrected chi connectivity index (χ2v) is 13.4. The predicted octanol–water partition coefficient (Wildman–Crippen LogP) is 8.94. The van der Waals surface area contributed by atoms with Crippen LogP contribution in [0.25, 0.3) is 22.3 Å². The quantitative estimate of drug-likeness (QED) is 0.119. The van der Waals surface area contributed by atoms with Gasteiger partial charge in [-0.3, -0.25) is 4.99 Å². The summed E-state index contributed by atoms with van der Waals surface area (Å²) >= 11 is 0. The zero-order chi connectivity index (χ0) is 31.2. The van der Waals surface area contributed by atoms with Crippen LogP contribution in [0.1, 0.15) is 112 Å². The molecule has 3 aromatic rings. The van der Waals surface area contributed by atoms with E-state index in [9.17, 15) is 4.39 Å². The Hall–Kier alpha value is -2.46. The molecular weight excluding hydrogens is 783 g/mol. The molecule has 3 heterocycles. The average molecular weight is 831 g/mol. The van der Waals surface area contributed by atoms with Gasteiger partial charge in [-0.1, -0.05) is 56.8 Å². The zero-order valence-corrected chi connectivity index (χ0v) is 31.5. The number of aromatic nitrogens is 2. The summed E-state index contributed by atoms with van der Waals surface area (Å²) in [5, 5.41) is 0. The summed E-state index contributed by atoms with van der Waals surface area (Å²) < 4.78 is 15.9. The van der Waals surface area contributed by atoms with Crippen LogP contribution in [0.15, 0.2) is 66.3 Å². The molecule has 1 fully saturated rings. The van der Waals surface area contributed by atoms with E-state index in [2.05, 4.69) is 85.5 Å². The standard InChI is InChI=1S/C38H47FN5.U/c1-7-9-11-28(23-41-24(3)18-19-38(5,8-2)35(40)22-39)27-16-17-31-32(20-27)44-33-21-34(37(44)42-31)43(6)25(4)29-12-10-13-30(36(29)33)26-14-15-26;/h9-13,16-17,20,23,26,33-35H,2,4,7-8,14-15,18-19,21-22,40H2,1,3,5-6H3;/q-1;/b11-9+,28-23+,41-24?;/t33?,34?,35?,38-;/m1./s1. The van der Waals surface area contributed by atoms with Crippen LogP contribution in [0.2, 0.25) is 0 Å². The Bertz CT molecular complexity index is 1660. The summed E-state index contributed by atoms with van der Waals surface area (Å²) in [5.74, 6) is 1.79. The van der Waals surface area contributed by atoms with Gasteiger partial charge in [-0.05, 0) is 91.2 Å². The van der Waals surface area contributed by atoms with E-state index in [0.29, 0.717) is 12.3 Å². The van der Waals surface area contributed by atoms with Crippen molar-refractivity contribution in [3.05, 3.63) is 96.3 Å². The molecule has 0 amide bonds. The molecule has 7 heteroatoms. The average Bonchev–Trinajstić information content (AvgIpc) is 3.75. The van der Waals surface area contributed by atoms with Gasteiger partial charge in [0.05, 0.1) is 23.1 Å². The van der Waals surface area contributed by atoms with E-state index in [1.54, 1.807) is 0 Å². The van der Waals surface area contributed by atoms with Gasteiger partial charge in [0.2, 0.25) is 0 Å². The van der Waals surface area contributed by atoms with Gasteiger partial charge >= 0.3 is 0 Å². The molecule has 1 aliphatic carbocycles. The molecular formula is C38H47FN5U-. The van der Waals surface area contributed by atoms with Crippen molar-refractivity contribution in [3.8, 4) is 0 Å². The molecule has 4 atom stereocenters. The van der Waals surface area contributed by atoms with Crippen LogP contribution in [0, 0.1) is 43.5 Å². The van der Waals surface area contributed by atoms with Crippen molar-refractivity contribution >= 4 is 28.0 Å². The van der Waals surface area contributed by atoms with Gasteiger partial charge in [-0.15, -0.1) is 0 Å². The smallest absolute Gasteiger partial charge is 0.133 e. The third-order valence-electron chi connectivity index (χ3n) is 10.4. The summed E-state index contributed by atoms with van der Waals surface area (Å²) in [5.41, 5.74) is 16.5. The Labute approximate surface area is 292 Å². The largest absolute Gasteiger partial charge is 0.364 e. The molecule has 1 saturated carbocycles. The summed E-state index contributed by atoms with van der Waals surface area (Å²) in [6.07, 6.45) is 12.9. The molecule has 2 aliphatic heterocycles. The number of alkyl halides is 1. The predicted molar refractivity (Wildman–Crippen MR) is 182 cm³/mol. The van der Waals surface area contributed by atoms with Crippen molar-refractivity contribution in [1.29, 1.82) is 0 Å². The fourth-order valence-corrected chi connectivity index (χ4v) is 7.04. The molecule has 2 aromatic carbocycles. The first-order chi connectivity index (χ1) is 21.2. The van der Waals surface area contributed by atoms with Crippen LogP contribution < -0.4 is 5.73 Å². The minimum atomic E-state index is -0.533. The Morgan fingerprint density at radius 1 is 1.27 bits per heavy atom. The van der Waals surface area contributed by atoms with E-state index < -0.39 is 12.7 Å². The first kappa shape index (κ1) is 33.9. The van der Waals surface area contributed by atoms with Gasteiger partial charge < -0.3 is 22.1 Å². The van der Waals surface area contributed by atoms with Crippen molar-refractivity contribution < 1.29 is 35.5 Å². The van der Waals surface area contributed by atoms with Gasteiger partial charge in [0, 0.05) is 67.4 Å². The van der Waals surface area contributed by atoms with Gasteiger partial charge in [0.25, 0.3) is 0 Å². The van der Waals surface area contributed by atoms with Crippen LogP contribution in [0.5, 0.6) is 0 Å². The molecule has 3 unspecified atom stereocenters. The number of nitrogens with two attached hydrogens (primary N) is 1. The molecule has 45 heavy (non-hydrogen) atoms. The molecule has 2 bridgehead atoms. The van der Waals surface area contributed by atoms with E-state index in [-0.39, 0.29) is 48.6 Å². The maximum Gasteiger partial charge on any atom is 0.133 e. The number of benzene rings is 2. The molecule has 3 aliphatic rings. The van der Waals surface area contributed by atoms with Gasteiger partial charge in [0.1, 0.15) is 12.5 Å². The van der Waals surface area contributed by atoms with Crippen LogP contribution in [-0.2, 0) is 0 Å². The van der Waals surface area contributed by atoms with Crippen LogP contribution in [0.3, 0.4) is 0 Å². The normalized spacial score (nSPS) is 21.8. The van der Waals surface area contributed by atoms with Crippen LogP contribution in [-0.4, -0.2) is 39.9 Å². The maximum atomic E-state index is 13.4. The van der Waals surface area contributed by atoms with Crippen molar-refractivity contribution in [1.82, 2.24) is 14.5 Å². The molecule has 2 N–H and O–H groups in total. The van der Waals surface area contributed by atoms with E-state index >= 15 is 0 Å². The third kappa shape index (κ3) is 6.30. The SMILES string of the molecule is C=C1c2cccc(C3CC3)c2C2CC(c3nc4ccc(C(/C=C/CC)=C/N=C(C)CC[C@@](C)(C[CH2-])C(N)CF)cc4n32)N1C.[U]. The number of imidazole rings is 1. The van der Waals surface area contributed by atoms with E-state index in [4.69, 9.17) is 15.7 Å². The van der Waals surface area contributed by atoms with Crippen molar-refractivity contribution in [2.75, 3.05) is 13.7 Å². The molecule has 1 aromatic heterocycles. The number of fused-ring (bicyclic) bond motifs is 9. The maximum absolute atomic E-state index is 13.4. The second kappa shape index (κ2) is 13.7. The zero-order valence-electron chi connectivity index (χ0n) is 27.3. The van der Waals surface area contributed by atoms with E-state index in [0.717, 1.165) is 59.6 Å². The van der Waals surface area contributed by atoms with Crippen LogP contribution in [0.4, 0.5) is 4.39 Å². The van der Waals surface area contributed by atoms with E-state index in [1.165, 1.54) is 35.0 Å². The summed E-state index contributed by atoms with van der Waals surface area (Å²) in [7, 11) is 2.17. The van der Waals surface area contributed by atoms with E-state index in [1.807, 2.05) is 20.0 Å². The second-order valence-electron chi connectivity index (χ2n) is 13.4. The Morgan fingerprint density at radius 3 is 2.73 bits per heavy atom. The molecule has 0 saturated heterocycles. The monoisotopic (exact) mass is 830 g/mol. The van der Waals surface area contributed by atoms with Crippen LogP contribution >= 0.6 is 0 Å². The van der Waals surface area contributed by atoms with Crippen molar-refractivity contribution in [2.24, 2.45) is 16.1 Å². The third-order valence-corrected chi connectivity index (χ3v) is 10.4. The van der Waals surface area contributed by atoms with Gasteiger partial charge in [-0.25, -0.2) is 9.37 Å². The molecule has 5 nitrogen and oxygen atoms in total. The fourth-order valence-electron chi connectivity index (χ4n) is 7.04. The van der Waals surface area contributed by atoms with Gasteiger partial charge in [-0.2, -0.15) is 6.42 Å². The first-order valence-corrected chi connectivity index (χ1v) is 16.3. The summed E-state index contributed by atoms with van der Waals surface area (Å²) in [6, 6.07) is 13.4. The number of halogens is 1. The summed E-state index contributed by atoms with van der Waals surface area (Å²) in [6.45, 7) is 14.3. The number of hydrogen-bond acceptors (Lipinski definition) is 4. The number of hydrogen-bond donors (Lipinski definition) is 1. The Morgan fingerprint density at radius 2 is 2.04 bits per heavy atom. The van der Waals surface area contributed by atoms with Crippen molar-refractivity contribution in [2.45, 2.75) is 89.8 Å². The Balaban J connectivity index is 0.00000400. The van der Waals surface area contributed by atoms with Gasteiger partial charge in [0.15, 0.2) is 0 Å². The molecule has 236 valence electrons. The number of allylic oxidation sites excluding steroid dienone is 3. The number of nitrogens with zero attached hydrogens (tertiary/aromatic N) is 4. The molecule has 6 rings (SSSR count). The first-order valence-electron chi connectivity index (χ1n) is 16.3. The number of aliphatic imine (C=N–C) groups is 1. The van der Waals surface area contributed by atoms with Crippen molar-refractivity contribution in [3.63, 3.8) is 0 Å². The topological polar surface area (TPSA) is 59.4 Å². The fraction of sp³-hybridized carbons (Fsp3) is 0.447. The Kier molecular flexibility index (Phi) is 10.3.